The maximum Gasteiger partial charge on any atom is 0.410 e. The number of pyridine rings is 1. The van der Waals surface area contributed by atoms with Gasteiger partial charge >= 0.3 is 6.09 Å². The van der Waals surface area contributed by atoms with Crippen LogP contribution in [0, 0.1) is 0 Å². The zero-order chi connectivity index (χ0) is 25.9. The fraction of sp³-hybridized carbons (Fsp3) is 0.333. The molecule has 0 saturated carbocycles. The summed E-state index contributed by atoms with van der Waals surface area (Å²) in [4.78, 5) is 46.5. The third-order valence-electron chi connectivity index (χ3n) is 6.15. The summed E-state index contributed by atoms with van der Waals surface area (Å²) in [6, 6.07) is 13.2. The number of hydrogen-bond acceptors (Lipinski definition) is 6. The van der Waals surface area contributed by atoms with Gasteiger partial charge in [0.25, 0.3) is 5.91 Å². The van der Waals surface area contributed by atoms with Crippen molar-refractivity contribution in [1.82, 2.24) is 14.9 Å². The van der Waals surface area contributed by atoms with Crippen molar-refractivity contribution >= 4 is 35.0 Å². The first-order valence-corrected chi connectivity index (χ1v) is 11.9. The second-order valence-electron chi connectivity index (χ2n) is 9.76. The average molecular weight is 490 g/mol. The van der Waals surface area contributed by atoms with E-state index in [1.165, 1.54) is 4.90 Å². The fourth-order valence-corrected chi connectivity index (χ4v) is 3.94. The predicted octanol–water partition coefficient (Wildman–Crippen LogP) is 5.14. The van der Waals surface area contributed by atoms with Crippen LogP contribution >= 0.6 is 0 Å². The lowest BCUT2D eigenvalue weighted by atomic mass is 9.95. The smallest absolute Gasteiger partial charge is 0.410 e. The van der Waals surface area contributed by atoms with Gasteiger partial charge in [-0.1, -0.05) is 18.2 Å². The Morgan fingerprint density at radius 3 is 2.61 bits per heavy atom. The van der Waals surface area contributed by atoms with Crippen molar-refractivity contribution in [2.75, 3.05) is 24.3 Å². The van der Waals surface area contributed by atoms with E-state index in [4.69, 9.17) is 4.74 Å². The van der Waals surface area contributed by atoms with Gasteiger partial charge in [0.15, 0.2) is 12.4 Å². The Morgan fingerprint density at radius 1 is 1.14 bits per heavy atom. The number of anilines is 3. The first kappa shape index (κ1) is 25.0. The van der Waals surface area contributed by atoms with Crippen molar-refractivity contribution in [2.45, 2.75) is 45.6 Å². The molecule has 0 bridgehead atoms. The van der Waals surface area contributed by atoms with Crippen molar-refractivity contribution in [1.29, 1.82) is 0 Å². The third kappa shape index (κ3) is 5.56. The number of aromatic nitrogens is 2. The molecule has 2 aromatic heterocycles. The number of hydrogen-bond donors (Lipinski definition) is 3. The molecule has 2 amide bonds. The molecule has 0 atom stereocenters. The minimum atomic E-state index is -0.586. The molecule has 1 aromatic carbocycles. The van der Waals surface area contributed by atoms with E-state index in [2.05, 4.69) is 20.6 Å². The van der Waals surface area contributed by atoms with Gasteiger partial charge in [0.2, 0.25) is 0 Å². The molecule has 9 nitrogen and oxygen atoms in total. The van der Waals surface area contributed by atoms with Gasteiger partial charge in [-0.2, -0.15) is 0 Å². The van der Waals surface area contributed by atoms with Crippen LogP contribution in [0.1, 0.15) is 49.7 Å². The van der Waals surface area contributed by atoms with Crippen LogP contribution in [0.5, 0.6) is 0 Å². The maximum absolute atomic E-state index is 12.8. The van der Waals surface area contributed by atoms with Crippen LogP contribution in [-0.4, -0.2) is 51.8 Å². The number of benzene rings is 1. The maximum atomic E-state index is 12.8. The molecule has 4 rings (SSSR count). The van der Waals surface area contributed by atoms with Gasteiger partial charge in [-0.25, -0.2) is 9.78 Å². The van der Waals surface area contributed by atoms with Crippen LogP contribution in [0.2, 0.25) is 0 Å². The van der Waals surface area contributed by atoms with Gasteiger partial charge in [-0.05, 0) is 57.9 Å². The highest BCUT2D eigenvalue weighted by Crippen LogP contribution is 2.39. The zero-order valence-electron chi connectivity index (χ0n) is 21.0. The first-order chi connectivity index (χ1) is 17.1. The van der Waals surface area contributed by atoms with Crippen molar-refractivity contribution in [3.8, 4) is 11.3 Å². The van der Waals surface area contributed by atoms with E-state index in [-0.39, 0.29) is 5.78 Å². The first-order valence-electron chi connectivity index (χ1n) is 11.9. The van der Waals surface area contributed by atoms with Crippen LogP contribution in [0.15, 0.2) is 48.7 Å². The topological polar surface area (TPSA) is 116 Å². The van der Waals surface area contributed by atoms with E-state index >= 15 is 0 Å². The van der Waals surface area contributed by atoms with E-state index in [1.807, 2.05) is 57.2 Å². The second-order valence-corrected chi connectivity index (χ2v) is 9.76. The highest BCUT2D eigenvalue weighted by molar-refractivity contribution is 6.07. The molecule has 2 heterocycles. The number of carbonyl (C=O) groups excluding carboxylic acids is 3. The van der Waals surface area contributed by atoms with Crippen molar-refractivity contribution in [3.63, 3.8) is 0 Å². The van der Waals surface area contributed by atoms with Crippen molar-refractivity contribution in [2.24, 2.45) is 0 Å². The minimum Gasteiger partial charge on any atom is -0.439 e. The summed E-state index contributed by atoms with van der Waals surface area (Å²) < 4.78 is 5.13. The van der Waals surface area contributed by atoms with Crippen LogP contribution < -0.4 is 10.6 Å². The summed E-state index contributed by atoms with van der Waals surface area (Å²) in [6.07, 6.45) is 3.09. The number of H-pyrrole nitrogens is 1. The lowest BCUT2D eigenvalue weighted by Crippen LogP contribution is -2.43. The van der Waals surface area contributed by atoms with Gasteiger partial charge in [0, 0.05) is 42.1 Å². The molecule has 0 spiro atoms. The number of Topliss-reactive ketones (excluding diaryl/α,β-unsaturated/α-hetero) is 1. The van der Waals surface area contributed by atoms with Crippen molar-refractivity contribution in [3.05, 3.63) is 59.9 Å². The Balaban J connectivity index is 1.55. The number of nitrogens with one attached hydrogen (secondary N) is 3. The normalized spacial score (nSPS) is 13.1. The van der Waals surface area contributed by atoms with Crippen LogP contribution in [0.4, 0.5) is 22.0 Å². The quantitative estimate of drug-likeness (QED) is 0.441. The van der Waals surface area contributed by atoms with E-state index in [9.17, 15) is 14.4 Å². The van der Waals surface area contributed by atoms with Crippen LogP contribution in [0.25, 0.3) is 11.3 Å². The zero-order valence-corrected chi connectivity index (χ0v) is 21.0. The highest BCUT2D eigenvalue weighted by Gasteiger charge is 2.27. The monoisotopic (exact) mass is 489 g/mol. The molecule has 0 saturated heterocycles. The summed E-state index contributed by atoms with van der Waals surface area (Å²) in [6.45, 7) is 5.18. The molecule has 1 aliphatic rings. The summed E-state index contributed by atoms with van der Waals surface area (Å²) in [7, 11) is 1.62. The number of amides is 2. The lowest BCUT2D eigenvalue weighted by Gasteiger charge is -2.30. The molecule has 3 N–H and O–H groups in total. The SMILES string of the molecule is CN(C(=O)OCC(=O)Nc1cc(-c2[nH]c3c(c2Nc2ccccc2)C(=O)CCC3)ccn1)C(C)(C)C. The van der Waals surface area contributed by atoms with E-state index in [0.29, 0.717) is 23.5 Å². The number of nitrogens with zero attached hydrogens (tertiary/aromatic N) is 2. The molecule has 36 heavy (non-hydrogen) atoms. The molecule has 0 radical (unpaired) electrons. The molecule has 3 aromatic rings. The summed E-state index contributed by atoms with van der Waals surface area (Å²) in [5.41, 5.74) is 4.23. The van der Waals surface area contributed by atoms with Crippen LogP contribution in [-0.2, 0) is 16.0 Å². The Bertz CT molecular complexity index is 1280. The molecule has 0 fully saturated rings. The molecule has 0 aliphatic heterocycles. The number of aryl methyl sites for hydroxylation is 1. The molecule has 9 heteroatoms. The number of ketones is 1. The molecular weight excluding hydrogens is 458 g/mol. The summed E-state index contributed by atoms with van der Waals surface area (Å²) in [5.74, 6) is -0.0945. The van der Waals surface area contributed by atoms with E-state index in [1.54, 1.807) is 19.3 Å². The van der Waals surface area contributed by atoms with E-state index < -0.39 is 24.1 Å². The van der Waals surface area contributed by atoms with Gasteiger partial charge in [-0.15, -0.1) is 0 Å². The largest absolute Gasteiger partial charge is 0.439 e. The van der Waals surface area contributed by atoms with Crippen LogP contribution in [0.3, 0.4) is 0 Å². The average Bonchev–Trinajstić information content (AvgIpc) is 3.22. The Kier molecular flexibility index (Phi) is 7.10. The van der Waals surface area contributed by atoms with Gasteiger partial charge in [0.1, 0.15) is 5.82 Å². The number of ether oxygens (including phenoxy) is 1. The molecule has 1 aliphatic carbocycles. The second kappa shape index (κ2) is 10.2. The Labute approximate surface area is 210 Å². The van der Waals surface area contributed by atoms with Gasteiger partial charge in [-0.3, -0.25) is 9.59 Å². The van der Waals surface area contributed by atoms with E-state index in [0.717, 1.165) is 35.5 Å². The highest BCUT2D eigenvalue weighted by atomic mass is 16.6. The standard InChI is InChI=1S/C27H31N5O4/c1-27(2,3)32(4)26(35)36-16-22(34)31-21-15-17(13-14-28-21)24-25(29-18-9-6-5-7-10-18)23-19(30-24)11-8-12-20(23)33/h5-7,9-10,13-15,29-30H,8,11-12,16H2,1-4H3,(H,28,31,34). The van der Waals surface area contributed by atoms with Gasteiger partial charge < -0.3 is 25.3 Å². The Morgan fingerprint density at radius 2 is 1.89 bits per heavy atom. The third-order valence-corrected chi connectivity index (χ3v) is 6.15. The molecular formula is C27H31N5O4. The number of rotatable bonds is 6. The number of fused-ring (bicyclic) bond motifs is 1. The predicted molar refractivity (Wildman–Crippen MR) is 139 cm³/mol. The summed E-state index contributed by atoms with van der Waals surface area (Å²) >= 11 is 0. The Hall–Kier alpha value is -4.14. The summed E-state index contributed by atoms with van der Waals surface area (Å²) in [5, 5.41) is 6.08. The fourth-order valence-electron chi connectivity index (χ4n) is 3.94. The molecule has 0 unspecified atom stereocenters. The number of aromatic amines is 1. The molecule has 188 valence electrons. The lowest BCUT2D eigenvalue weighted by molar-refractivity contribution is -0.119. The number of para-hydroxylation sites is 1. The van der Waals surface area contributed by atoms with Crippen molar-refractivity contribution < 1.29 is 19.1 Å². The minimum absolute atomic E-state index is 0.0989. The number of carbonyl (C=O) groups is 3. The van der Waals surface area contributed by atoms with Gasteiger partial charge in [0.05, 0.1) is 16.9 Å².